The third-order valence-electron chi connectivity index (χ3n) is 2.43. The Labute approximate surface area is 109 Å². The summed E-state index contributed by atoms with van der Waals surface area (Å²) in [7, 11) is 0. The first-order valence-electron chi connectivity index (χ1n) is 6.37. The van der Waals surface area contributed by atoms with Crippen LogP contribution in [-0.4, -0.2) is 24.9 Å². The maximum Gasteiger partial charge on any atom is 0.134 e. The molecule has 0 spiro atoms. The van der Waals surface area contributed by atoms with Crippen molar-refractivity contribution in [1.29, 1.82) is 0 Å². The molecule has 1 rings (SSSR count). The Balaban J connectivity index is 2.45. The molecule has 0 fully saturated rings. The van der Waals surface area contributed by atoms with Gasteiger partial charge in [-0.3, -0.25) is 0 Å². The van der Waals surface area contributed by atoms with Crippen molar-refractivity contribution in [2.75, 3.05) is 13.2 Å². The Hall–Kier alpha value is -0.840. The van der Waals surface area contributed by atoms with Crippen LogP contribution in [0, 0.1) is 6.92 Å². The highest BCUT2D eigenvalue weighted by molar-refractivity contribution is 5.09. The molecule has 2 atom stereocenters. The van der Waals surface area contributed by atoms with Crippen molar-refractivity contribution in [3.63, 3.8) is 0 Å². The van der Waals surface area contributed by atoms with E-state index in [1.165, 1.54) is 0 Å². The summed E-state index contributed by atoms with van der Waals surface area (Å²) in [5, 5.41) is 0. The molecule has 4 nitrogen and oxygen atoms in total. The van der Waals surface area contributed by atoms with E-state index in [4.69, 9.17) is 19.6 Å². The van der Waals surface area contributed by atoms with Crippen molar-refractivity contribution >= 4 is 0 Å². The number of furan rings is 1. The minimum absolute atomic E-state index is 0.120. The summed E-state index contributed by atoms with van der Waals surface area (Å²) >= 11 is 0. The molecule has 0 bridgehead atoms. The summed E-state index contributed by atoms with van der Waals surface area (Å²) in [4.78, 5) is 0. The SMILES string of the molecule is Cc1ccc(C(OCCOC(C)(C)C)C(C)N)o1. The lowest BCUT2D eigenvalue weighted by Crippen LogP contribution is -2.29. The molecule has 0 aromatic carbocycles. The Morgan fingerprint density at radius 3 is 2.39 bits per heavy atom. The fourth-order valence-electron chi connectivity index (χ4n) is 1.62. The van der Waals surface area contributed by atoms with E-state index in [1.54, 1.807) is 0 Å². The van der Waals surface area contributed by atoms with Gasteiger partial charge in [0.25, 0.3) is 0 Å². The number of ether oxygens (including phenoxy) is 2. The second kappa shape index (κ2) is 6.36. The van der Waals surface area contributed by atoms with Crippen LogP contribution < -0.4 is 5.73 Å². The summed E-state index contributed by atoms with van der Waals surface area (Å²) in [5.74, 6) is 1.64. The zero-order chi connectivity index (χ0) is 13.8. The number of nitrogens with two attached hydrogens (primary N) is 1. The average molecular weight is 255 g/mol. The van der Waals surface area contributed by atoms with E-state index in [2.05, 4.69) is 0 Å². The molecule has 0 aliphatic carbocycles. The fraction of sp³-hybridized carbons (Fsp3) is 0.714. The smallest absolute Gasteiger partial charge is 0.134 e. The van der Waals surface area contributed by atoms with E-state index in [0.29, 0.717) is 13.2 Å². The third-order valence-corrected chi connectivity index (χ3v) is 2.43. The Kier molecular flexibility index (Phi) is 5.38. The molecule has 1 heterocycles. The standard InChI is InChI=1S/C14H25NO3/c1-10-6-7-12(18-10)13(11(2)15)16-8-9-17-14(3,4)5/h6-7,11,13H,8-9,15H2,1-5H3. The molecular weight excluding hydrogens is 230 g/mol. The minimum atomic E-state index is -0.220. The molecule has 0 amide bonds. The molecular formula is C14H25NO3. The molecule has 104 valence electrons. The van der Waals surface area contributed by atoms with Gasteiger partial charge in [-0.05, 0) is 46.8 Å². The number of rotatable bonds is 6. The van der Waals surface area contributed by atoms with Gasteiger partial charge in [-0.1, -0.05) is 0 Å². The summed E-state index contributed by atoms with van der Waals surface area (Å²) in [6.07, 6.45) is -0.220. The molecule has 2 unspecified atom stereocenters. The van der Waals surface area contributed by atoms with Crippen LogP contribution in [0.4, 0.5) is 0 Å². The predicted molar refractivity (Wildman–Crippen MR) is 71.5 cm³/mol. The van der Waals surface area contributed by atoms with E-state index in [1.807, 2.05) is 46.8 Å². The maximum atomic E-state index is 5.92. The molecule has 0 saturated heterocycles. The van der Waals surface area contributed by atoms with Gasteiger partial charge >= 0.3 is 0 Å². The van der Waals surface area contributed by atoms with Crippen LogP contribution in [0.2, 0.25) is 0 Å². The first-order valence-corrected chi connectivity index (χ1v) is 6.37. The highest BCUT2D eigenvalue weighted by Crippen LogP contribution is 2.22. The second-order valence-corrected chi connectivity index (χ2v) is 5.56. The van der Waals surface area contributed by atoms with E-state index in [9.17, 15) is 0 Å². The summed E-state index contributed by atoms with van der Waals surface area (Å²) < 4.78 is 16.9. The van der Waals surface area contributed by atoms with Crippen LogP contribution in [0.5, 0.6) is 0 Å². The highest BCUT2D eigenvalue weighted by Gasteiger charge is 2.20. The van der Waals surface area contributed by atoms with Gasteiger partial charge in [-0.25, -0.2) is 0 Å². The summed E-state index contributed by atoms with van der Waals surface area (Å²) in [6, 6.07) is 3.71. The van der Waals surface area contributed by atoms with Crippen LogP contribution in [0.25, 0.3) is 0 Å². The van der Waals surface area contributed by atoms with Gasteiger partial charge in [-0.15, -0.1) is 0 Å². The quantitative estimate of drug-likeness (QED) is 0.794. The monoisotopic (exact) mass is 255 g/mol. The normalized spacial score (nSPS) is 15.7. The van der Waals surface area contributed by atoms with Crippen molar-refractivity contribution in [2.24, 2.45) is 5.73 Å². The Morgan fingerprint density at radius 2 is 1.94 bits per heavy atom. The lowest BCUT2D eigenvalue weighted by molar-refractivity contribution is -0.0598. The lowest BCUT2D eigenvalue weighted by atomic mass is 10.1. The molecule has 0 aliphatic heterocycles. The van der Waals surface area contributed by atoms with Crippen molar-refractivity contribution in [3.05, 3.63) is 23.7 Å². The Bertz CT molecular complexity index is 352. The van der Waals surface area contributed by atoms with Gasteiger partial charge in [0, 0.05) is 6.04 Å². The van der Waals surface area contributed by atoms with Crippen molar-refractivity contribution in [2.45, 2.75) is 52.4 Å². The van der Waals surface area contributed by atoms with E-state index in [0.717, 1.165) is 11.5 Å². The highest BCUT2D eigenvalue weighted by atomic mass is 16.5. The van der Waals surface area contributed by atoms with Crippen molar-refractivity contribution in [1.82, 2.24) is 0 Å². The minimum Gasteiger partial charge on any atom is -0.464 e. The average Bonchev–Trinajstić information content (AvgIpc) is 2.62. The number of hydrogen-bond acceptors (Lipinski definition) is 4. The van der Waals surface area contributed by atoms with Crippen LogP contribution in [-0.2, 0) is 9.47 Å². The molecule has 18 heavy (non-hydrogen) atoms. The zero-order valence-corrected chi connectivity index (χ0v) is 12.0. The fourth-order valence-corrected chi connectivity index (χ4v) is 1.62. The van der Waals surface area contributed by atoms with Crippen LogP contribution >= 0.6 is 0 Å². The summed E-state index contributed by atoms with van der Waals surface area (Å²) in [5.41, 5.74) is 5.78. The molecule has 0 radical (unpaired) electrons. The first-order chi connectivity index (χ1) is 8.29. The van der Waals surface area contributed by atoms with Gasteiger partial charge in [0.05, 0.1) is 18.8 Å². The lowest BCUT2D eigenvalue weighted by Gasteiger charge is -2.22. The van der Waals surface area contributed by atoms with E-state index in [-0.39, 0.29) is 17.7 Å². The van der Waals surface area contributed by atoms with Crippen LogP contribution in [0.1, 0.15) is 45.3 Å². The molecule has 1 aromatic rings. The predicted octanol–water partition coefficient (Wildman–Crippen LogP) is 2.81. The third kappa shape index (κ3) is 5.21. The van der Waals surface area contributed by atoms with E-state index >= 15 is 0 Å². The van der Waals surface area contributed by atoms with Crippen molar-refractivity contribution in [3.8, 4) is 0 Å². The van der Waals surface area contributed by atoms with Gasteiger partial charge in [0.2, 0.25) is 0 Å². The molecule has 0 aliphatic rings. The molecule has 2 N–H and O–H groups in total. The zero-order valence-electron chi connectivity index (χ0n) is 12.0. The van der Waals surface area contributed by atoms with E-state index < -0.39 is 0 Å². The molecule has 4 heteroatoms. The number of hydrogen-bond donors (Lipinski definition) is 1. The van der Waals surface area contributed by atoms with Crippen LogP contribution in [0.3, 0.4) is 0 Å². The van der Waals surface area contributed by atoms with Crippen LogP contribution in [0.15, 0.2) is 16.5 Å². The van der Waals surface area contributed by atoms with Gasteiger partial charge in [-0.2, -0.15) is 0 Å². The Morgan fingerprint density at radius 1 is 1.28 bits per heavy atom. The number of aryl methyl sites for hydroxylation is 1. The summed E-state index contributed by atoms with van der Waals surface area (Å²) in [6.45, 7) is 10.9. The van der Waals surface area contributed by atoms with Gasteiger partial charge in [0.15, 0.2) is 0 Å². The van der Waals surface area contributed by atoms with Crippen molar-refractivity contribution < 1.29 is 13.9 Å². The largest absolute Gasteiger partial charge is 0.464 e. The second-order valence-electron chi connectivity index (χ2n) is 5.56. The molecule has 0 saturated carbocycles. The van der Waals surface area contributed by atoms with Gasteiger partial charge < -0.3 is 19.6 Å². The van der Waals surface area contributed by atoms with Gasteiger partial charge in [0.1, 0.15) is 17.6 Å². The molecule has 1 aromatic heterocycles. The topological polar surface area (TPSA) is 57.6 Å². The first kappa shape index (κ1) is 15.2. The maximum absolute atomic E-state index is 5.92.